The van der Waals surface area contributed by atoms with Crippen LogP contribution in [-0.2, 0) is 19.1 Å². The second-order valence-electron chi connectivity index (χ2n) is 12.3. The van der Waals surface area contributed by atoms with E-state index in [1.54, 1.807) is 21.6 Å². The van der Waals surface area contributed by atoms with Crippen LogP contribution < -0.4 is 9.80 Å². The summed E-state index contributed by atoms with van der Waals surface area (Å²) in [4.78, 5) is 48.7. The van der Waals surface area contributed by atoms with Crippen LogP contribution in [0, 0.1) is 17.8 Å². The number of cyclic esters (lactones) is 1. The van der Waals surface area contributed by atoms with Gasteiger partial charge in [0.05, 0.1) is 35.8 Å². The number of benzene rings is 1. The van der Waals surface area contributed by atoms with Crippen molar-refractivity contribution in [3.63, 3.8) is 0 Å². The predicted molar refractivity (Wildman–Crippen MR) is 167 cm³/mol. The minimum absolute atomic E-state index is 0.0936. The highest BCUT2D eigenvalue weighted by molar-refractivity contribution is 8.02. The lowest BCUT2D eigenvalue weighted by molar-refractivity contribution is -0.155. The minimum Gasteiger partial charge on any atom is -0.465 e. The van der Waals surface area contributed by atoms with Crippen LogP contribution in [0.2, 0.25) is 0 Å². The van der Waals surface area contributed by atoms with E-state index in [9.17, 15) is 19.5 Å². The molecule has 6 atom stereocenters. The summed E-state index contributed by atoms with van der Waals surface area (Å²) in [7, 11) is 0. The number of aliphatic hydroxyl groups is 1. The fraction of sp³-hybridized carbons (Fsp3) is 0.606. The van der Waals surface area contributed by atoms with Gasteiger partial charge in [-0.05, 0) is 70.2 Å². The molecule has 0 aromatic heterocycles. The number of rotatable bonds is 7. The van der Waals surface area contributed by atoms with Gasteiger partial charge in [0.15, 0.2) is 0 Å². The molecular weight excluding hydrogens is 550 g/mol. The van der Waals surface area contributed by atoms with Gasteiger partial charge in [-0.1, -0.05) is 38.2 Å². The number of carbonyl (C=O) groups is 3. The zero-order valence-electron chi connectivity index (χ0n) is 25.5. The van der Waals surface area contributed by atoms with E-state index >= 15 is 0 Å². The van der Waals surface area contributed by atoms with Crippen molar-refractivity contribution in [2.24, 2.45) is 17.8 Å². The maximum Gasteiger partial charge on any atom is 0.311 e. The number of hydrogen-bond donors (Lipinski definition) is 1. The Labute approximate surface area is 254 Å². The van der Waals surface area contributed by atoms with E-state index < -0.39 is 33.4 Å². The largest absolute Gasteiger partial charge is 0.465 e. The Morgan fingerprint density at radius 3 is 2.38 bits per heavy atom. The average Bonchev–Trinajstić information content (AvgIpc) is 3.29. The summed E-state index contributed by atoms with van der Waals surface area (Å²) in [6.45, 7) is 12.3. The van der Waals surface area contributed by atoms with E-state index in [1.807, 2.05) is 57.2 Å². The Morgan fingerprint density at radius 1 is 1.02 bits per heavy atom. The standard InChI is InChI=1S/C33H45N3O5S/c1-6-34(7-2)23-13-15-24(16-14-23)35-19-12-18-33-26(29(38)36(28(33)30(35)39)25(21-37)22(3)4)27-31(40)41-20-11-9-8-10-17-32(27,5)42-33/h10,12-18,22,25-28,37H,6-9,11,19-21H2,1-5H3/b17-10-/t25-,26-,27-,28?,32+,33-/m0/s1. The Morgan fingerprint density at radius 2 is 1.74 bits per heavy atom. The fourth-order valence-electron chi connectivity index (χ4n) is 7.38. The summed E-state index contributed by atoms with van der Waals surface area (Å²) < 4.78 is 4.06. The number of ether oxygens (including phenoxy) is 1. The summed E-state index contributed by atoms with van der Waals surface area (Å²) in [5.74, 6) is -2.46. The van der Waals surface area contributed by atoms with E-state index in [1.165, 1.54) is 0 Å². The molecular formula is C33H45N3O5S. The Kier molecular flexibility index (Phi) is 8.82. The van der Waals surface area contributed by atoms with Crippen molar-refractivity contribution in [1.82, 2.24) is 4.90 Å². The molecule has 2 saturated heterocycles. The first-order valence-corrected chi connectivity index (χ1v) is 16.3. The Hall–Kier alpha value is -2.78. The van der Waals surface area contributed by atoms with Crippen LogP contribution in [0.1, 0.15) is 53.9 Å². The minimum atomic E-state index is -0.983. The zero-order valence-corrected chi connectivity index (χ0v) is 26.3. The molecule has 0 bridgehead atoms. The fourth-order valence-corrected chi connectivity index (χ4v) is 9.52. The summed E-state index contributed by atoms with van der Waals surface area (Å²) in [6, 6.07) is 6.55. The number of allylic oxidation sites excluding steroid dienone is 1. The van der Waals surface area contributed by atoms with Crippen LogP contribution in [0.3, 0.4) is 0 Å². The molecule has 1 unspecified atom stereocenters. The average molecular weight is 596 g/mol. The highest BCUT2D eigenvalue weighted by atomic mass is 32.2. The van der Waals surface area contributed by atoms with Gasteiger partial charge in [0.2, 0.25) is 5.91 Å². The van der Waals surface area contributed by atoms with Crippen molar-refractivity contribution in [3.05, 3.63) is 48.6 Å². The van der Waals surface area contributed by atoms with Gasteiger partial charge < -0.3 is 24.5 Å². The number of nitrogens with zero attached hydrogens (tertiary/aromatic N) is 3. The molecule has 0 aliphatic carbocycles. The maximum absolute atomic E-state index is 14.8. The molecule has 4 aliphatic rings. The lowest BCUT2D eigenvalue weighted by Crippen LogP contribution is -2.58. The molecule has 5 rings (SSSR count). The van der Waals surface area contributed by atoms with Crippen molar-refractivity contribution in [2.45, 2.75) is 75.5 Å². The Bertz CT molecular complexity index is 1240. The van der Waals surface area contributed by atoms with Gasteiger partial charge in [0.1, 0.15) is 6.04 Å². The van der Waals surface area contributed by atoms with Crippen molar-refractivity contribution < 1.29 is 24.2 Å². The van der Waals surface area contributed by atoms with E-state index in [4.69, 9.17) is 4.74 Å². The third-order valence-electron chi connectivity index (χ3n) is 9.54. The van der Waals surface area contributed by atoms with Crippen LogP contribution in [0.5, 0.6) is 0 Å². The number of anilines is 2. The summed E-state index contributed by atoms with van der Waals surface area (Å²) in [6.07, 6.45) is 10.7. The third-order valence-corrected chi connectivity index (χ3v) is 11.3. The van der Waals surface area contributed by atoms with Crippen LogP contribution in [-0.4, -0.2) is 82.2 Å². The van der Waals surface area contributed by atoms with Gasteiger partial charge in [-0.25, -0.2) is 0 Å². The number of amides is 2. The molecule has 2 fully saturated rings. The van der Waals surface area contributed by atoms with Crippen molar-refractivity contribution in [2.75, 3.05) is 42.6 Å². The summed E-state index contributed by atoms with van der Waals surface area (Å²) in [5.41, 5.74) is 1.84. The molecule has 1 aromatic rings. The normalized spacial score (nSPS) is 32.6. The smallest absolute Gasteiger partial charge is 0.311 e. The monoisotopic (exact) mass is 595 g/mol. The molecule has 8 nitrogen and oxygen atoms in total. The van der Waals surface area contributed by atoms with E-state index in [0.717, 1.165) is 43.7 Å². The molecule has 0 saturated carbocycles. The van der Waals surface area contributed by atoms with Crippen LogP contribution in [0.15, 0.2) is 48.6 Å². The Balaban J connectivity index is 1.62. The lowest BCUT2D eigenvalue weighted by atomic mass is 9.74. The third kappa shape index (κ3) is 4.96. The molecule has 1 aromatic carbocycles. The van der Waals surface area contributed by atoms with Crippen LogP contribution in [0.25, 0.3) is 0 Å². The molecule has 1 N–H and O–H groups in total. The first-order valence-electron chi connectivity index (χ1n) is 15.4. The van der Waals surface area contributed by atoms with E-state index in [-0.39, 0.29) is 30.3 Å². The number of aliphatic hydroxyl groups excluding tert-OH is 1. The second-order valence-corrected chi connectivity index (χ2v) is 14.1. The number of likely N-dealkylation sites (tertiary alicyclic amines) is 1. The van der Waals surface area contributed by atoms with Crippen molar-refractivity contribution >= 4 is 40.9 Å². The van der Waals surface area contributed by atoms with Gasteiger partial charge in [-0.2, -0.15) is 0 Å². The molecule has 4 aliphatic heterocycles. The number of carbonyl (C=O) groups excluding carboxylic acids is 3. The van der Waals surface area contributed by atoms with Crippen molar-refractivity contribution in [1.29, 1.82) is 0 Å². The van der Waals surface area contributed by atoms with E-state index in [0.29, 0.717) is 13.2 Å². The van der Waals surface area contributed by atoms with E-state index in [2.05, 4.69) is 30.9 Å². The molecule has 9 heteroatoms. The zero-order chi connectivity index (χ0) is 30.2. The van der Waals surface area contributed by atoms with Gasteiger partial charge in [0.25, 0.3) is 5.91 Å². The van der Waals surface area contributed by atoms with Gasteiger partial charge in [-0.3, -0.25) is 14.4 Å². The first-order chi connectivity index (χ1) is 20.1. The van der Waals surface area contributed by atoms with Crippen molar-refractivity contribution in [3.8, 4) is 0 Å². The topological polar surface area (TPSA) is 90.4 Å². The molecule has 228 valence electrons. The number of esters is 1. The SMILES string of the molecule is CCN(CC)c1ccc(N2CC=C[C@]34S[C@]5(C)/C=C\CCCCOC(=O)[C@@H]5[C@H]3C(=O)N([C@@H](CO)C(C)C)C4C2=O)cc1. The molecule has 2 amide bonds. The summed E-state index contributed by atoms with van der Waals surface area (Å²) in [5, 5.41) is 10.5. The molecule has 0 radical (unpaired) electrons. The van der Waals surface area contributed by atoms with Gasteiger partial charge in [-0.15, -0.1) is 11.8 Å². The molecule has 1 spiro atoms. The maximum atomic E-state index is 14.8. The first kappa shape index (κ1) is 30.7. The second kappa shape index (κ2) is 12.1. The quantitative estimate of drug-likeness (QED) is 0.369. The number of thioether (sulfide) groups is 1. The highest BCUT2D eigenvalue weighted by Gasteiger charge is 2.74. The molecule has 4 heterocycles. The predicted octanol–water partition coefficient (Wildman–Crippen LogP) is 4.42. The lowest BCUT2D eigenvalue weighted by Gasteiger charge is -2.41. The molecule has 42 heavy (non-hydrogen) atoms. The highest BCUT2D eigenvalue weighted by Crippen LogP contribution is 2.65. The number of hydrogen-bond acceptors (Lipinski definition) is 7. The van der Waals surface area contributed by atoms with Gasteiger partial charge in [0, 0.05) is 35.8 Å². The van der Waals surface area contributed by atoms with Gasteiger partial charge >= 0.3 is 5.97 Å². The van der Waals surface area contributed by atoms with Crippen LogP contribution in [0.4, 0.5) is 11.4 Å². The summed E-state index contributed by atoms with van der Waals surface area (Å²) >= 11 is 1.54. The number of fused-ring (bicyclic) bond motifs is 2. The van der Waals surface area contributed by atoms with Crippen LogP contribution >= 0.6 is 11.8 Å².